The Kier molecular flexibility index (Phi) is 5.09. The first-order chi connectivity index (χ1) is 12.1. The fourth-order valence-electron chi connectivity index (χ4n) is 2.84. The summed E-state index contributed by atoms with van der Waals surface area (Å²) in [4.78, 5) is 14.1. The SMILES string of the molecule is CCOc1ccc(CN(C)Cn2c(=O)oc3ccccc32)cc1OC. The molecule has 25 heavy (non-hydrogen) atoms. The highest BCUT2D eigenvalue weighted by atomic mass is 16.5. The average Bonchev–Trinajstić information content (AvgIpc) is 2.92. The molecule has 0 aliphatic rings. The Labute approximate surface area is 146 Å². The van der Waals surface area contributed by atoms with Gasteiger partial charge in [0.1, 0.15) is 0 Å². The first-order valence-corrected chi connectivity index (χ1v) is 8.19. The Morgan fingerprint density at radius 3 is 2.72 bits per heavy atom. The molecular formula is C19H22N2O4. The van der Waals surface area contributed by atoms with Crippen LogP contribution in [0.2, 0.25) is 0 Å². The van der Waals surface area contributed by atoms with Gasteiger partial charge in [0.05, 0.1) is 25.9 Å². The van der Waals surface area contributed by atoms with Crippen LogP contribution < -0.4 is 15.2 Å². The maximum atomic E-state index is 12.1. The molecule has 0 fully saturated rings. The van der Waals surface area contributed by atoms with Gasteiger partial charge in [-0.05, 0) is 43.8 Å². The normalized spacial score (nSPS) is 11.2. The van der Waals surface area contributed by atoms with Crippen molar-refractivity contribution in [2.24, 2.45) is 0 Å². The van der Waals surface area contributed by atoms with Gasteiger partial charge in [-0.1, -0.05) is 18.2 Å². The second-order valence-electron chi connectivity index (χ2n) is 5.84. The predicted molar refractivity (Wildman–Crippen MR) is 96.1 cm³/mol. The lowest BCUT2D eigenvalue weighted by Gasteiger charge is -2.18. The van der Waals surface area contributed by atoms with E-state index >= 15 is 0 Å². The van der Waals surface area contributed by atoms with Crippen molar-refractivity contribution >= 4 is 11.1 Å². The maximum absolute atomic E-state index is 12.1. The lowest BCUT2D eigenvalue weighted by atomic mass is 10.2. The number of aromatic nitrogens is 1. The van der Waals surface area contributed by atoms with Gasteiger partial charge in [0, 0.05) is 6.54 Å². The number of fused-ring (bicyclic) bond motifs is 1. The van der Waals surface area contributed by atoms with E-state index in [1.807, 2.05) is 55.3 Å². The summed E-state index contributed by atoms with van der Waals surface area (Å²) in [5.41, 5.74) is 2.47. The summed E-state index contributed by atoms with van der Waals surface area (Å²) in [5.74, 6) is 1.09. The van der Waals surface area contributed by atoms with E-state index < -0.39 is 0 Å². The molecule has 132 valence electrons. The average molecular weight is 342 g/mol. The van der Waals surface area contributed by atoms with Crippen LogP contribution in [-0.4, -0.2) is 30.2 Å². The molecule has 0 spiro atoms. The summed E-state index contributed by atoms with van der Waals surface area (Å²) >= 11 is 0. The molecule has 0 aliphatic carbocycles. The van der Waals surface area contributed by atoms with Crippen LogP contribution >= 0.6 is 0 Å². The van der Waals surface area contributed by atoms with Crippen LogP contribution in [0.15, 0.2) is 51.7 Å². The first kappa shape index (κ1) is 17.1. The van der Waals surface area contributed by atoms with E-state index in [-0.39, 0.29) is 5.76 Å². The Hall–Kier alpha value is -2.73. The molecule has 0 saturated carbocycles. The van der Waals surface area contributed by atoms with Gasteiger partial charge in [0.15, 0.2) is 17.1 Å². The van der Waals surface area contributed by atoms with Crippen molar-refractivity contribution in [3.05, 3.63) is 58.6 Å². The molecule has 0 bridgehead atoms. The van der Waals surface area contributed by atoms with Crippen molar-refractivity contribution in [2.45, 2.75) is 20.1 Å². The van der Waals surface area contributed by atoms with E-state index in [0.29, 0.717) is 31.2 Å². The number of hydrogen-bond donors (Lipinski definition) is 0. The zero-order valence-corrected chi connectivity index (χ0v) is 14.7. The van der Waals surface area contributed by atoms with Crippen LogP contribution in [0.3, 0.4) is 0 Å². The molecule has 0 aliphatic heterocycles. The molecule has 3 aromatic rings. The molecular weight excluding hydrogens is 320 g/mol. The van der Waals surface area contributed by atoms with Crippen molar-refractivity contribution < 1.29 is 13.9 Å². The molecule has 0 unspecified atom stereocenters. The van der Waals surface area contributed by atoms with Crippen molar-refractivity contribution in [1.29, 1.82) is 0 Å². The van der Waals surface area contributed by atoms with E-state index in [4.69, 9.17) is 13.9 Å². The smallest absolute Gasteiger partial charge is 0.421 e. The van der Waals surface area contributed by atoms with Crippen LogP contribution in [0, 0.1) is 0 Å². The topological polar surface area (TPSA) is 56.8 Å². The standard InChI is InChI=1S/C19H22N2O4/c1-4-24-17-10-9-14(11-18(17)23-3)12-20(2)13-21-15-7-5-6-8-16(15)25-19(21)22/h5-11H,4,12-13H2,1-3H3. The Bertz CT molecular complexity index is 913. The lowest BCUT2D eigenvalue weighted by molar-refractivity contribution is 0.252. The van der Waals surface area contributed by atoms with Crippen LogP contribution in [0.5, 0.6) is 11.5 Å². The summed E-state index contributed by atoms with van der Waals surface area (Å²) in [7, 11) is 3.58. The Balaban J connectivity index is 1.77. The number of para-hydroxylation sites is 2. The van der Waals surface area contributed by atoms with Crippen molar-refractivity contribution in [3.63, 3.8) is 0 Å². The summed E-state index contributed by atoms with van der Waals surface area (Å²) in [5, 5.41) is 0. The van der Waals surface area contributed by atoms with Gasteiger partial charge in [-0.2, -0.15) is 0 Å². The molecule has 6 heteroatoms. The third kappa shape index (κ3) is 3.69. The predicted octanol–water partition coefficient (Wildman–Crippen LogP) is 3.09. The van der Waals surface area contributed by atoms with E-state index in [1.54, 1.807) is 17.7 Å². The highest BCUT2D eigenvalue weighted by Crippen LogP contribution is 2.28. The second kappa shape index (κ2) is 7.44. The van der Waals surface area contributed by atoms with Gasteiger partial charge >= 0.3 is 5.76 Å². The monoisotopic (exact) mass is 342 g/mol. The number of hydrogen-bond acceptors (Lipinski definition) is 5. The summed E-state index contributed by atoms with van der Waals surface area (Å²) in [6, 6.07) is 13.3. The van der Waals surface area contributed by atoms with Gasteiger partial charge in [0.2, 0.25) is 0 Å². The molecule has 2 aromatic carbocycles. The van der Waals surface area contributed by atoms with Crippen molar-refractivity contribution in [3.8, 4) is 11.5 Å². The Morgan fingerprint density at radius 2 is 1.96 bits per heavy atom. The summed E-state index contributed by atoms with van der Waals surface area (Å²) in [6.45, 7) is 3.63. The molecule has 0 amide bonds. The molecule has 3 rings (SSSR count). The zero-order valence-electron chi connectivity index (χ0n) is 14.7. The number of nitrogens with zero attached hydrogens (tertiary/aromatic N) is 2. The van der Waals surface area contributed by atoms with E-state index in [2.05, 4.69) is 0 Å². The molecule has 0 N–H and O–H groups in total. The second-order valence-corrected chi connectivity index (χ2v) is 5.84. The lowest BCUT2D eigenvalue weighted by Crippen LogP contribution is -2.27. The first-order valence-electron chi connectivity index (χ1n) is 8.19. The molecule has 6 nitrogen and oxygen atoms in total. The van der Waals surface area contributed by atoms with Crippen LogP contribution in [0.1, 0.15) is 12.5 Å². The van der Waals surface area contributed by atoms with E-state index in [1.165, 1.54) is 0 Å². The molecule has 0 radical (unpaired) electrons. The minimum atomic E-state index is -0.350. The largest absolute Gasteiger partial charge is 0.493 e. The van der Waals surface area contributed by atoms with Crippen LogP contribution in [0.25, 0.3) is 11.1 Å². The van der Waals surface area contributed by atoms with Gasteiger partial charge < -0.3 is 13.9 Å². The van der Waals surface area contributed by atoms with Crippen molar-refractivity contribution in [2.75, 3.05) is 20.8 Å². The highest BCUT2D eigenvalue weighted by molar-refractivity contribution is 5.72. The third-order valence-corrected chi connectivity index (χ3v) is 3.94. The highest BCUT2D eigenvalue weighted by Gasteiger charge is 2.12. The summed E-state index contributed by atoms with van der Waals surface area (Å²) < 4.78 is 17.8. The number of ether oxygens (including phenoxy) is 2. The van der Waals surface area contributed by atoms with E-state index in [9.17, 15) is 4.79 Å². The van der Waals surface area contributed by atoms with Gasteiger partial charge in [0.25, 0.3) is 0 Å². The van der Waals surface area contributed by atoms with Crippen molar-refractivity contribution in [1.82, 2.24) is 9.47 Å². The fourth-order valence-corrected chi connectivity index (χ4v) is 2.84. The number of benzene rings is 2. The minimum absolute atomic E-state index is 0.350. The third-order valence-electron chi connectivity index (χ3n) is 3.94. The van der Waals surface area contributed by atoms with Crippen LogP contribution in [0.4, 0.5) is 0 Å². The quantitative estimate of drug-likeness (QED) is 0.660. The molecule has 1 aromatic heterocycles. The van der Waals surface area contributed by atoms with Gasteiger partial charge in [-0.15, -0.1) is 0 Å². The number of methoxy groups -OCH3 is 1. The number of oxazole rings is 1. The maximum Gasteiger partial charge on any atom is 0.421 e. The summed E-state index contributed by atoms with van der Waals surface area (Å²) in [6.07, 6.45) is 0. The molecule has 0 saturated heterocycles. The van der Waals surface area contributed by atoms with Crippen LogP contribution in [-0.2, 0) is 13.2 Å². The van der Waals surface area contributed by atoms with Gasteiger partial charge in [-0.3, -0.25) is 9.47 Å². The fraction of sp³-hybridized carbons (Fsp3) is 0.316. The zero-order chi connectivity index (χ0) is 17.8. The number of rotatable bonds is 7. The minimum Gasteiger partial charge on any atom is -0.493 e. The molecule has 1 heterocycles. The van der Waals surface area contributed by atoms with Gasteiger partial charge in [-0.25, -0.2) is 4.79 Å². The molecule has 0 atom stereocenters. The van der Waals surface area contributed by atoms with E-state index in [0.717, 1.165) is 16.8 Å². The Morgan fingerprint density at radius 1 is 1.16 bits per heavy atom.